The average molecular weight is 254 g/mol. The molecule has 3 rings (SSSR count). The van der Waals surface area contributed by atoms with Gasteiger partial charge in [-0.1, -0.05) is 43.5 Å². The van der Waals surface area contributed by atoms with Crippen molar-refractivity contribution in [3.63, 3.8) is 0 Å². The number of hydrogen-bond donors (Lipinski definition) is 0. The van der Waals surface area contributed by atoms with Gasteiger partial charge in [0.1, 0.15) is 0 Å². The first-order valence-electron chi connectivity index (χ1n) is 7.59. The molecule has 2 atom stereocenters. The second-order valence-corrected chi connectivity index (χ2v) is 5.93. The Bertz CT molecular complexity index is 474. The third-order valence-electron chi connectivity index (χ3n) is 4.77. The summed E-state index contributed by atoms with van der Waals surface area (Å²) in [6.45, 7) is 2.17. The van der Waals surface area contributed by atoms with Crippen molar-refractivity contribution in [1.82, 2.24) is 4.90 Å². The minimum atomic E-state index is 0.243. The van der Waals surface area contributed by atoms with E-state index < -0.39 is 0 Å². The third kappa shape index (κ3) is 2.67. The first kappa shape index (κ1) is 12.7. The van der Waals surface area contributed by atoms with Crippen LogP contribution in [0.5, 0.6) is 0 Å². The summed E-state index contributed by atoms with van der Waals surface area (Å²) in [5.74, 6) is 0.243. The second-order valence-electron chi connectivity index (χ2n) is 5.93. The molecule has 2 unspecified atom stereocenters. The van der Waals surface area contributed by atoms with Crippen LogP contribution < -0.4 is 0 Å². The number of benzene rings is 1. The molecule has 1 aromatic rings. The molecule has 1 aromatic carbocycles. The van der Waals surface area contributed by atoms with Crippen LogP contribution in [0.3, 0.4) is 0 Å². The van der Waals surface area contributed by atoms with Crippen molar-refractivity contribution in [3.05, 3.63) is 35.4 Å². The fraction of sp³-hybridized carbons (Fsp3) is 0.588. The summed E-state index contributed by atoms with van der Waals surface area (Å²) in [5, 5.41) is 9.44. The lowest BCUT2D eigenvalue weighted by molar-refractivity contribution is 0.138. The molecular weight excluding hydrogens is 232 g/mol. The highest BCUT2D eigenvalue weighted by Gasteiger charge is 2.30. The van der Waals surface area contributed by atoms with E-state index >= 15 is 0 Å². The molecule has 1 aliphatic carbocycles. The SMILES string of the molecule is N#CC1CCCCCC1N1CCc2ccccc2C1. The van der Waals surface area contributed by atoms with Gasteiger partial charge in [-0.3, -0.25) is 4.90 Å². The van der Waals surface area contributed by atoms with E-state index in [1.165, 1.54) is 36.8 Å². The minimum absolute atomic E-state index is 0.243. The highest BCUT2D eigenvalue weighted by Crippen LogP contribution is 2.30. The maximum atomic E-state index is 9.44. The topological polar surface area (TPSA) is 27.0 Å². The summed E-state index contributed by atoms with van der Waals surface area (Å²) in [5.41, 5.74) is 2.97. The van der Waals surface area contributed by atoms with Crippen LogP contribution in [0.1, 0.15) is 43.2 Å². The first-order chi connectivity index (χ1) is 9.38. The summed E-state index contributed by atoms with van der Waals surface area (Å²) in [6, 6.07) is 11.8. The van der Waals surface area contributed by atoms with Gasteiger partial charge in [-0.2, -0.15) is 5.26 Å². The van der Waals surface area contributed by atoms with Crippen molar-refractivity contribution < 1.29 is 0 Å². The molecule has 0 spiro atoms. The Kier molecular flexibility index (Phi) is 3.84. The van der Waals surface area contributed by atoms with Crippen LogP contribution >= 0.6 is 0 Å². The maximum Gasteiger partial charge on any atom is 0.0672 e. The van der Waals surface area contributed by atoms with Crippen LogP contribution in [0, 0.1) is 17.2 Å². The Labute approximate surface area is 116 Å². The van der Waals surface area contributed by atoms with E-state index in [0.717, 1.165) is 25.9 Å². The molecule has 1 fully saturated rings. The van der Waals surface area contributed by atoms with E-state index in [2.05, 4.69) is 35.2 Å². The molecule has 0 bridgehead atoms. The number of hydrogen-bond acceptors (Lipinski definition) is 2. The van der Waals surface area contributed by atoms with Gasteiger partial charge < -0.3 is 0 Å². The minimum Gasteiger partial charge on any atom is -0.294 e. The predicted molar refractivity (Wildman–Crippen MR) is 76.5 cm³/mol. The van der Waals surface area contributed by atoms with Gasteiger partial charge in [-0.25, -0.2) is 0 Å². The van der Waals surface area contributed by atoms with Crippen molar-refractivity contribution in [2.45, 2.75) is 51.1 Å². The summed E-state index contributed by atoms with van der Waals surface area (Å²) in [7, 11) is 0. The maximum absolute atomic E-state index is 9.44. The average Bonchev–Trinajstić information content (AvgIpc) is 2.72. The Morgan fingerprint density at radius 2 is 1.84 bits per heavy atom. The Morgan fingerprint density at radius 3 is 2.68 bits per heavy atom. The molecule has 0 amide bonds. The Morgan fingerprint density at radius 1 is 1.05 bits per heavy atom. The summed E-state index contributed by atoms with van der Waals surface area (Å²) < 4.78 is 0. The van der Waals surface area contributed by atoms with Crippen molar-refractivity contribution in [1.29, 1.82) is 5.26 Å². The zero-order valence-electron chi connectivity index (χ0n) is 11.5. The Balaban J connectivity index is 1.77. The summed E-state index contributed by atoms with van der Waals surface area (Å²) in [4.78, 5) is 2.57. The van der Waals surface area contributed by atoms with Gasteiger partial charge in [0.25, 0.3) is 0 Å². The van der Waals surface area contributed by atoms with Crippen LogP contribution in [0.4, 0.5) is 0 Å². The Hall–Kier alpha value is -1.33. The molecule has 1 aliphatic heterocycles. The quantitative estimate of drug-likeness (QED) is 0.717. The molecule has 2 nitrogen and oxygen atoms in total. The van der Waals surface area contributed by atoms with Gasteiger partial charge in [0.2, 0.25) is 0 Å². The number of rotatable bonds is 1. The van der Waals surface area contributed by atoms with Crippen molar-refractivity contribution in [2.24, 2.45) is 5.92 Å². The highest BCUT2D eigenvalue weighted by molar-refractivity contribution is 5.29. The van der Waals surface area contributed by atoms with Gasteiger partial charge >= 0.3 is 0 Å². The third-order valence-corrected chi connectivity index (χ3v) is 4.77. The van der Waals surface area contributed by atoms with Gasteiger partial charge in [-0.05, 0) is 30.4 Å². The second kappa shape index (κ2) is 5.75. The molecule has 100 valence electrons. The van der Waals surface area contributed by atoms with Crippen molar-refractivity contribution in [2.75, 3.05) is 6.54 Å². The van der Waals surface area contributed by atoms with Gasteiger partial charge in [0, 0.05) is 19.1 Å². The highest BCUT2D eigenvalue weighted by atomic mass is 15.2. The molecule has 0 saturated heterocycles. The van der Waals surface area contributed by atoms with Crippen molar-refractivity contribution in [3.8, 4) is 6.07 Å². The fourth-order valence-electron chi connectivity index (χ4n) is 3.68. The van der Waals surface area contributed by atoms with Gasteiger partial charge in [0.05, 0.1) is 12.0 Å². The number of fused-ring (bicyclic) bond motifs is 1. The molecule has 1 heterocycles. The molecule has 0 radical (unpaired) electrons. The summed E-state index contributed by atoms with van der Waals surface area (Å²) in [6.07, 6.45) is 7.28. The van der Waals surface area contributed by atoms with Crippen molar-refractivity contribution >= 4 is 0 Å². The zero-order valence-corrected chi connectivity index (χ0v) is 11.5. The molecule has 0 N–H and O–H groups in total. The van der Waals surface area contributed by atoms with E-state index in [-0.39, 0.29) is 5.92 Å². The molecular formula is C17H22N2. The lowest BCUT2D eigenvalue weighted by Crippen LogP contribution is -2.42. The van der Waals surface area contributed by atoms with E-state index in [1.807, 2.05) is 0 Å². The molecule has 19 heavy (non-hydrogen) atoms. The first-order valence-corrected chi connectivity index (χ1v) is 7.59. The monoisotopic (exact) mass is 254 g/mol. The van der Waals surface area contributed by atoms with Crippen LogP contribution in [-0.2, 0) is 13.0 Å². The smallest absolute Gasteiger partial charge is 0.0672 e. The number of nitriles is 1. The molecule has 0 aromatic heterocycles. The molecule has 1 saturated carbocycles. The van der Waals surface area contributed by atoms with E-state index in [4.69, 9.17) is 0 Å². The van der Waals surface area contributed by atoms with Crippen LogP contribution in [-0.4, -0.2) is 17.5 Å². The lowest BCUT2D eigenvalue weighted by Gasteiger charge is -2.37. The normalized spacial score (nSPS) is 28.2. The van der Waals surface area contributed by atoms with E-state index in [9.17, 15) is 5.26 Å². The fourth-order valence-corrected chi connectivity index (χ4v) is 3.68. The number of nitrogens with zero attached hydrogens (tertiary/aromatic N) is 2. The van der Waals surface area contributed by atoms with E-state index in [0.29, 0.717) is 6.04 Å². The van der Waals surface area contributed by atoms with Gasteiger partial charge in [-0.15, -0.1) is 0 Å². The molecule has 2 heteroatoms. The van der Waals surface area contributed by atoms with Crippen LogP contribution in [0.2, 0.25) is 0 Å². The van der Waals surface area contributed by atoms with Crippen LogP contribution in [0.25, 0.3) is 0 Å². The predicted octanol–water partition coefficient (Wildman–Crippen LogP) is 3.52. The lowest BCUT2D eigenvalue weighted by atomic mass is 9.91. The zero-order chi connectivity index (χ0) is 13.1. The largest absolute Gasteiger partial charge is 0.294 e. The summed E-state index contributed by atoms with van der Waals surface area (Å²) >= 11 is 0. The van der Waals surface area contributed by atoms with Crippen LogP contribution in [0.15, 0.2) is 24.3 Å². The standard InChI is InChI=1S/C17H22N2/c18-12-15-7-2-1-3-9-17(15)19-11-10-14-6-4-5-8-16(14)13-19/h4-6,8,15,17H,1-3,7,9-11,13H2. The molecule has 2 aliphatic rings. The van der Waals surface area contributed by atoms with E-state index in [1.54, 1.807) is 0 Å². The van der Waals surface area contributed by atoms with Gasteiger partial charge in [0.15, 0.2) is 0 Å².